The van der Waals surface area contributed by atoms with E-state index in [1.165, 1.54) is 0 Å². The van der Waals surface area contributed by atoms with Gasteiger partial charge in [0.05, 0.1) is 17.2 Å². The highest BCUT2D eigenvalue weighted by Crippen LogP contribution is 2.27. The van der Waals surface area contributed by atoms with Gasteiger partial charge < -0.3 is 15.0 Å². The number of halogens is 2. The SMILES string of the molecule is N#Cc1ccc(NC2CCN(C(=O)CCCOc3ccc(Cl)cc3Cl)CC2)nc1. The minimum absolute atomic E-state index is 0.144. The number of nitrogens with one attached hydrogen (secondary N) is 1. The first-order valence-corrected chi connectivity index (χ1v) is 10.3. The van der Waals surface area contributed by atoms with Crippen LogP contribution < -0.4 is 10.1 Å². The lowest BCUT2D eigenvalue weighted by atomic mass is 10.0. The summed E-state index contributed by atoms with van der Waals surface area (Å²) < 4.78 is 5.63. The molecule has 0 spiro atoms. The maximum absolute atomic E-state index is 12.4. The number of likely N-dealkylation sites (tertiary alicyclic amines) is 1. The fourth-order valence-corrected chi connectivity index (χ4v) is 3.65. The summed E-state index contributed by atoms with van der Waals surface area (Å²) in [7, 11) is 0. The number of carbonyl (C=O) groups excluding carboxylic acids is 1. The van der Waals surface area contributed by atoms with Crippen LogP contribution >= 0.6 is 23.2 Å². The van der Waals surface area contributed by atoms with E-state index in [0.717, 1.165) is 31.7 Å². The molecule has 6 nitrogen and oxygen atoms in total. The standard InChI is InChI=1S/C21H22Cl2N4O2/c22-16-4-5-19(18(23)12-16)29-11-1-2-21(28)27-9-7-17(8-10-27)26-20-6-3-15(13-24)14-25-20/h3-6,12,14,17H,1-2,7-11H2,(H,25,26). The Kier molecular flexibility index (Phi) is 7.56. The monoisotopic (exact) mass is 432 g/mol. The van der Waals surface area contributed by atoms with E-state index >= 15 is 0 Å². The zero-order valence-corrected chi connectivity index (χ0v) is 17.4. The van der Waals surface area contributed by atoms with Gasteiger partial charge in [0.1, 0.15) is 17.6 Å². The third-order valence-electron chi connectivity index (χ3n) is 4.78. The molecule has 1 amide bonds. The summed E-state index contributed by atoms with van der Waals surface area (Å²) in [6.07, 6.45) is 4.36. The van der Waals surface area contributed by atoms with Gasteiger partial charge in [-0.05, 0) is 49.6 Å². The van der Waals surface area contributed by atoms with Crippen molar-refractivity contribution in [3.05, 3.63) is 52.1 Å². The van der Waals surface area contributed by atoms with Gasteiger partial charge in [-0.15, -0.1) is 0 Å². The Morgan fingerprint density at radius 3 is 2.72 bits per heavy atom. The van der Waals surface area contributed by atoms with Crippen molar-refractivity contribution in [3.63, 3.8) is 0 Å². The van der Waals surface area contributed by atoms with Crippen LogP contribution in [0.4, 0.5) is 5.82 Å². The van der Waals surface area contributed by atoms with Crippen LogP contribution in [0.5, 0.6) is 5.75 Å². The van der Waals surface area contributed by atoms with Crippen LogP contribution in [0.15, 0.2) is 36.5 Å². The number of pyridine rings is 1. The molecule has 0 atom stereocenters. The lowest BCUT2D eigenvalue weighted by Gasteiger charge is -2.32. The number of amides is 1. The summed E-state index contributed by atoms with van der Waals surface area (Å²) in [6, 6.07) is 11.0. The average Bonchev–Trinajstić information content (AvgIpc) is 2.73. The van der Waals surface area contributed by atoms with Gasteiger partial charge in [-0.2, -0.15) is 5.26 Å². The lowest BCUT2D eigenvalue weighted by Crippen LogP contribution is -2.42. The van der Waals surface area contributed by atoms with Gasteiger partial charge in [0.2, 0.25) is 5.91 Å². The number of piperidine rings is 1. The Morgan fingerprint density at radius 2 is 2.07 bits per heavy atom. The molecule has 1 aromatic heterocycles. The molecule has 0 unspecified atom stereocenters. The minimum atomic E-state index is 0.144. The molecule has 2 heterocycles. The number of hydrogen-bond acceptors (Lipinski definition) is 5. The molecule has 8 heteroatoms. The van der Waals surface area contributed by atoms with E-state index in [0.29, 0.717) is 40.8 Å². The predicted octanol–water partition coefficient (Wildman–Crippen LogP) is 4.52. The fraction of sp³-hybridized carbons (Fsp3) is 0.381. The minimum Gasteiger partial charge on any atom is -0.492 e. The molecule has 1 aliphatic heterocycles. The van der Waals surface area contributed by atoms with Gasteiger partial charge in [0.15, 0.2) is 0 Å². The molecule has 1 aliphatic rings. The molecule has 0 aliphatic carbocycles. The smallest absolute Gasteiger partial charge is 0.222 e. The van der Waals surface area contributed by atoms with Crippen LogP contribution in [0.2, 0.25) is 10.0 Å². The summed E-state index contributed by atoms with van der Waals surface area (Å²) in [5.41, 5.74) is 0.540. The lowest BCUT2D eigenvalue weighted by molar-refractivity contribution is -0.132. The maximum atomic E-state index is 12.4. The molecule has 1 N–H and O–H groups in total. The average molecular weight is 433 g/mol. The van der Waals surface area contributed by atoms with Crippen molar-refractivity contribution < 1.29 is 9.53 Å². The zero-order chi connectivity index (χ0) is 20.6. The molecule has 0 radical (unpaired) electrons. The number of aromatic nitrogens is 1. The molecule has 152 valence electrons. The normalized spacial score (nSPS) is 14.3. The van der Waals surface area contributed by atoms with Gasteiger partial charge in [-0.3, -0.25) is 4.79 Å². The molecule has 2 aromatic rings. The quantitative estimate of drug-likeness (QED) is 0.650. The highest BCUT2D eigenvalue weighted by Gasteiger charge is 2.22. The second-order valence-electron chi connectivity index (χ2n) is 6.87. The first-order chi connectivity index (χ1) is 14.0. The molecule has 0 bridgehead atoms. The summed E-state index contributed by atoms with van der Waals surface area (Å²) in [4.78, 5) is 18.6. The Balaban J connectivity index is 1.35. The van der Waals surface area contributed by atoms with Crippen LogP contribution in [-0.4, -0.2) is 41.5 Å². The summed E-state index contributed by atoms with van der Waals surface area (Å²) in [6.45, 7) is 1.86. The maximum Gasteiger partial charge on any atom is 0.222 e. The van der Waals surface area contributed by atoms with Crippen molar-refractivity contribution in [1.29, 1.82) is 5.26 Å². The van der Waals surface area contributed by atoms with E-state index < -0.39 is 0 Å². The summed E-state index contributed by atoms with van der Waals surface area (Å²) in [5, 5.41) is 13.2. The van der Waals surface area contributed by atoms with Crippen molar-refractivity contribution in [2.75, 3.05) is 25.0 Å². The van der Waals surface area contributed by atoms with Crippen molar-refractivity contribution in [2.45, 2.75) is 31.7 Å². The molecule has 29 heavy (non-hydrogen) atoms. The number of nitrogens with zero attached hydrogens (tertiary/aromatic N) is 3. The molecule has 1 fully saturated rings. The Morgan fingerprint density at radius 1 is 1.28 bits per heavy atom. The number of rotatable bonds is 7. The molecule has 3 rings (SSSR count). The molecule has 0 saturated carbocycles. The summed E-state index contributed by atoms with van der Waals surface area (Å²) >= 11 is 11.9. The van der Waals surface area contributed by atoms with Crippen LogP contribution in [0.3, 0.4) is 0 Å². The van der Waals surface area contributed by atoms with Gasteiger partial charge in [-0.25, -0.2) is 4.98 Å². The number of ether oxygens (including phenoxy) is 1. The van der Waals surface area contributed by atoms with E-state index in [4.69, 9.17) is 33.2 Å². The van der Waals surface area contributed by atoms with Crippen molar-refractivity contribution >= 4 is 34.9 Å². The van der Waals surface area contributed by atoms with E-state index in [2.05, 4.69) is 16.4 Å². The van der Waals surface area contributed by atoms with Gasteiger partial charge >= 0.3 is 0 Å². The van der Waals surface area contributed by atoms with Crippen LogP contribution in [0.1, 0.15) is 31.2 Å². The predicted molar refractivity (Wildman–Crippen MR) is 113 cm³/mol. The number of carbonyl (C=O) groups is 1. The van der Waals surface area contributed by atoms with Gasteiger partial charge in [0, 0.05) is 36.8 Å². The van der Waals surface area contributed by atoms with E-state index in [1.807, 2.05) is 11.0 Å². The first-order valence-electron chi connectivity index (χ1n) is 9.53. The molecule has 1 aromatic carbocycles. The number of nitriles is 1. The van der Waals surface area contributed by atoms with Gasteiger partial charge in [-0.1, -0.05) is 23.2 Å². The van der Waals surface area contributed by atoms with Crippen LogP contribution in [0.25, 0.3) is 0 Å². The number of anilines is 1. The van der Waals surface area contributed by atoms with Crippen LogP contribution in [-0.2, 0) is 4.79 Å². The van der Waals surface area contributed by atoms with Crippen molar-refractivity contribution in [1.82, 2.24) is 9.88 Å². The van der Waals surface area contributed by atoms with Crippen molar-refractivity contribution in [2.24, 2.45) is 0 Å². The van der Waals surface area contributed by atoms with E-state index in [1.54, 1.807) is 30.5 Å². The number of hydrogen-bond donors (Lipinski definition) is 1. The second-order valence-corrected chi connectivity index (χ2v) is 7.71. The molecular weight excluding hydrogens is 411 g/mol. The van der Waals surface area contributed by atoms with E-state index in [-0.39, 0.29) is 11.9 Å². The number of benzene rings is 1. The molecular formula is C21H22Cl2N4O2. The highest BCUT2D eigenvalue weighted by atomic mass is 35.5. The highest BCUT2D eigenvalue weighted by molar-refractivity contribution is 6.35. The largest absolute Gasteiger partial charge is 0.492 e. The van der Waals surface area contributed by atoms with Crippen LogP contribution in [0, 0.1) is 11.3 Å². The van der Waals surface area contributed by atoms with Crippen molar-refractivity contribution in [3.8, 4) is 11.8 Å². The third kappa shape index (κ3) is 6.25. The summed E-state index contributed by atoms with van der Waals surface area (Å²) in [5.74, 6) is 1.48. The first kappa shape index (κ1) is 21.2. The second kappa shape index (κ2) is 10.3. The van der Waals surface area contributed by atoms with Gasteiger partial charge in [0.25, 0.3) is 0 Å². The third-order valence-corrected chi connectivity index (χ3v) is 5.31. The molecule has 1 saturated heterocycles. The Bertz CT molecular complexity index is 875. The Labute approximate surface area is 180 Å². The zero-order valence-electron chi connectivity index (χ0n) is 15.9. The Hall–Kier alpha value is -2.49. The van der Waals surface area contributed by atoms with E-state index in [9.17, 15) is 4.79 Å². The topological polar surface area (TPSA) is 78.2 Å². The fourth-order valence-electron chi connectivity index (χ4n) is 3.18.